The van der Waals surface area contributed by atoms with Gasteiger partial charge in [-0.3, -0.25) is 0 Å². The number of rotatable bonds is 12. The van der Waals surface area contributed by atoms with Gasteiger partial charge < -0.3 is 30.0 Å². The second-order valence-electron chi connectivity index (χ2n) is 9.47. The lowest BCUT2D eigenvalue weighted by atomic mass is 10.0. The summed E-state index contributed by atoms with van der Waals surface area (Å²) < 4.78 is 26.3. The van der Waals surface area contributed by atoms with Crippen LogP contribution in [0.5, 0.6) is 11.5 Å². The van der Waals surface area contributed by atoms with Crippen LogP contribution in [0.4, 0.5) is 27.5 Å². The van der Waals surface area contributed by atoms with Crippen molar-refractivity contribution in [3.63, 3.8) is 0 Å². The van der Waals surface area contributed by atoms with Gasteiger partial charge in [-0.05, 0) is 60.4 Å². The Kier molecular flexibility index (Phi) is 9.31. The molecule has 5 rings (SSSR count). The molecule has 3 aromatic carbocycles. The average Bonchev–Trinajstić information content (AvgIpc) is 3.46. The van der Waals surface area contributed by atoms with E-state index < -0.39 is 5.82 Å². The number of nitrogens with one attached hydrogen (secondary N) is 3. The minimum Gasteiger partial charge on any atom is -0.495 e. The molecule has 11 heteroatoms. The predicted molar refractivity (Wildman–Crippen MR) is 169 cm³/mol. The number of fused-ring (bicyclic) bond motifs is 1. The smallest absolute Gasteiger partial charge is 0.229 e. The van der Waals surface area contributed by atoms with Crippen LogP contribution in [0.25, 0.3) is 22.0 Å². The minimum absolute atomic E-state index is 0.0640. The van der Waals surface area contributed by atoms with Gasteiger partial charge in [0.05, 0.1) is 29.0 Å². The Bertz CT molecular complexity index is 1690. The number of ether oxygens (including phenoxy) is 2. The molecule has 42 heavy (non-hydrogen) atoms. The van der Waals surface area contributed by atoms with E-state index in [-0.39, 0.29) is 16.8 Å². The average molecular weight is 610 g/mol. The molecule has 5 aromatic rings. The number of aromatic nitrogens is 3. The molecule has 0 atom stereocenters. The molecular formula is C31H31Cl2FN6O2. The molecule has 0 aliphatic rings. The van der Waals surface area contributed by atoms with Crippen LogP contribution in [0.2, 0.25) is 10.0 Å². The topological polar surface area (TPSA) is 87.3 Å². The van der Waals surface area contributed by atoms with E-state index in [9.17, 15) is 4.39 Å². The first kappa shape index (κ1) is 29.4. The highest BCUT2D eigenvalue weighted by Crippen LogP contribution is 2.37. The van der Waals surface area contributed by atoms with E-state index in [4.69, 9.17) is 32.7 Å². The summed E-state index contributed by atoms with van der Waals surface area (Å²) in [6.07, 6.45) is 3.01. The van der Waals surface area contributed by atoms with Gasteiger partial charge in [0.15, 0.2) is 11.6 Å². The van der Waals surface area contributed by atoms with Gasteiger partial charge in [0.2, 0.25) is 5.95 Å². The summed E-state index contributed by atoms with van der Waals surface area (Å²) in [5.41, 5.74) is 4.12. The molecule has 0 spiro atoms. The first-order valence-electron chi connectivity index (χ1n) is 13.5. The lowest BCUT2D eigenvalue weighted by molar-refractivity contribution is 0.223. The minimum atomic E-state index is -0.651. The second-order valence-corrected chi connectivity index (χ2v) is 10.3. The van der Waals surface area contributed by atoms with Gasteiger partial charge in [-0.15, -0.1) is 0 Å². The van der Waals surface area contributed by atoms with Crippen molar-refractivity contribution in [3.05, 3.63) is 82.9 Å². The number of anilines is 4. The molecule has 8 nitrogen and oxygen atoms in total. The number of methoxy groups -OCH3 is 1. The fourth-order valence-electron chi connectivity index (χ4n) is 4.56. The maximum atomic E-state index is 14.7. The van der Waals surface area contributed by atoms with Gasteiger partial charge in [0, 0.05) is 41.6 Å². The van der Waals surface area contributed by atoms with E-state index in [1.165, 1.54) is 13.2 Å². The van der Waals surface area contributed by atoms with E-state index in [1.807, 2.05) is 30.5 Å². The fraction of sp³-hybridized carbons (Fsp3) is 0.226. The Labute approximate surface area is 253 Å². The number of benzene rings is 3. The van der Waals surface area contributed by atoms with Crippen LogP contribution >= 0.6 is 23.2 Å². The molecule has 0 fully saturated rings. The molecule has 0 bridgehead atoms. The van der Waals surface area contributed by atoms with Crippen LogP contribution < -0.4 is 20.1 Å². The van der Waals surface area contributed by atoms with Crippen molar-refractivity contribution in [2.45, 2.75) is 13.8 Å². The molecule has 2 aromatic heterocycles. The molecule has 218 valence electrons. The van der Waals surface area contributed by atoms with Gasteiger partial charge in [-0.1, -0.05) is 43.1 Å². The van der Waals surface area contributed by atoms with Crippen LogP contribution in [-0.4, -0.2) is 53.2 Å². The lowest BCUT2D eigenvalue weighted by Crippen LogP contribution is -2.28. The van der Waals surface area contributed by atoms with Crippen molar-refractivity contribution in [3.8, 4) is 22.6 Å². The van der Waals surface area contributed by atoms with E-state index in [0.717, 1.165) is 47.9 Å². The van der Waals surface area contributed by atoms with Crippen molar-refractivity contribution in [1.29, 1.82) is 0 Å². The molecule has 0 radical (unpaired) electrons. The Morgan fingerprint density at radius 3 is 2.57 bits per heavy atom. The normalized spacial score (nSPS) is 11.2. The van der Waals surface area contributed by atoms with Crippen molar-refractivity contribution in [1.82, 2.24) is 19.9 Å². The van der Waals surface area contributed by atoms with Gasteiger partial charge in [0.1, 0.15) is 18.1 Å². The third kappa shape index (κ3) is 6.70. The third-order valence-corrected chi connectivity index (χ3v) is 7.51. The van der Waals surface area contributed by atoms with Gasteiger partial charge in [-0.2, -0.15) is 4.98 Å². The largest absolute Gasteiger partial charge is 0.495 e. The van der Waals surface area contributed by atoms with E-state index in [0.29, 0.717) is 34.5 Å². The number of aromatic amines is 1. The maximum Gasteiger partial charge on any atom is 0.229 e. The van der Waals surface area contributed by atoms with Crippen LogP contribution in [0.3, 0.4) is 0 Å². The van der Waals surface area contributed by atoms with Crippen molar-refractivity contribution >= 4 is 57.2 Å². The predicted octanol–water partition coefficient (Wildman–Crippen LogP) is 8.29. The first-order chi connectivity index (χ1) is 20.4. The highest BCUT2D eigenvalue weighted by atomic mass is 35.5. The monoisotopic (exact) mass is 608 g/mol. The second kappa shape index (κ2) is 13.3. The van der Waals surface area contributed by atoms with Gasteiger partial charge in [0.25, 0.3) is 0 Å². The molecule has 0 amide bonds. The SMILES string of the molecule is CCN(CC)CCOc1cc(Nc2ncc(F)c(Nc3cc(OC)c(Cl)cc3Cl)n2)ccc1-c1ccc2[nH]ccc2c1. The standard InChI is InChI=1S/C31H31Cl2FN6O2/c1-4-40(5-2)12-13-42-28-15-21(7-8-22(28)19-6-9-26-20(14-19)10-11-35-26)37-31-36-18-25(34)30(39-31)38-27-17-29(41-3)24(33)16-23(27)32/h6-11,14-18,35H,4-5,12-13H2,1-3H3,(H2,36,37,38,39). The molecular weight excluding hydrogens is 578 g/mol. The number of hydrogen-bond donors (Lipinski definition) is 3. The summed E-state index contributed by atoms with van der Waals surface area (Å²) in [5.74, 6) is 0.571. The third-order valence-electron chi connectivity index (χ3n) is 6.90. The molecule has 0 saturated carbocycles. The summed E-state index contributed by atoms with van der Waals surface area (Å²) in [4.78, 5) is 14.0. The fourth-order valence-corrected chi connectivity index (χ4v) is 5.06. The zero-order valence-corrected chi connectivity index (χ0v) is 25.0. The lowest BCUT2D eigenvalue weighted by Gasteiger charge is -2.19. The quantitative estimate of drug-likeness (QED) is 0.131. The molecule has 0 saturated heterocycles. The molecule has 0 unspecified atom stereocenters. The summed E-state index contributed by atoms with van der Waals surface area (Å²) in [6, 6.07) is 17.2. The Balaban J connectivity index is 1.42. The van der Waals surface area contributed by atoms with Crippen molar-refractivity contribution in [2.75, 3.05) is 44.0 Å². The van der Waals surface area contributed by atoms with Crippen molar-refractivity contribution in [2.24, 2.45) is 0 Å². The number of halogens is 3. The van der Waals surface area contributed by atoms with Crippen molar-refractivity contribution < 1.29 is 13.9 Å². The molecule has 3 N–H and O–H groups in total. The van der Waals surface area contributed by atoms with Gasteiger partial charge >= 0.3 is 0 Å². The Morgan fingerprint density at radius 1 is 0.952 bits per heavy atom. The van der Waals surface area contributed by atoms with E-state index in [1.54, 1.807) is 6.07 Å². The zero-order chi connectivity index (χ0) is 29.6. The molecule has 2 heterocycles. The van der Waals surface area contributed by atoms with Crippen LogP contribution in [-0.2, 0) is 0 Å². The highest BCUT2D eigenvalue weighted by Gasteiger charge is 2.15. The van der Waals surface area contributed by atoms with Crippen LogP contribution in [0, 0.1) is 5.82 Å². The molecule has 0 aliphatic heterocycles. The first-order valence-corrected chi connectivity index (χ1v) is 14.3. The number of H-pyrrole nitrogens is 1. The Hall–Kier alpha value is -4.05. The highest BCUT2D eigenvalue weighted by molar-refractivity contribution is 6.37. The van der Waals surface area contributed by atoms with E-state index in [2.05, 4.69) is 62.5 Å². The molecule has 0 aliphatic carbocycles. The number of nitrogens with zero attached hydrogens (tertiary/aromatic N) is 3. The number of likely N-dealkylation sites (N-methyl/N-ethyl adjacent to an activating group) is 1. The van der Waals surface area contributed by atoms with Gasteiger partial charge in [-0.25, -0.2) is 9.37 Å². The van der Waals surface area contributed by atoms with Crippen LogP contribution in [0.15, 0.2) is 67.0 Å². The summed E-state index contributed by atoms with van der Waals surface area (Å²) in [5, 5.41) is 7.81. The zero-order valence-electron chi connectivity index (χ0n) is 23.5. The van der Waals surface area contributed by atoms with Crippen LogP contribution in [0.1, 0.15) is 13.8 Å². The number of hydrogen-bond acceptors (Lipinski definition) is 7. The summed E-state index contributed by atoms with van der Waals surface area (Å²) in [6.45, 7) is 7.49. The Morgan fingerprint density at radius 2 is 1.79 bits per heavy atom. The maximum absolute atomic E-state index is 14.7. The summed E-state index contributed by atoms with van der Waals surface area (Å²) >= 11 is 12.5. The van der Waals surface area contributed by atoms with E-state index >= 15 is 0 Å². The summed E-state index contributed by atoms with van der Waals surface area (Å²) in [7, 11) is 1.48.